The van der Waals surface area contributed by atoms with Gasteiger partial charge in [0.15, 0.2) is 5.75 Å². The SMILES string of the molecule is CC(C)Oc1cccc(NCc2cc(Br)cs2)c1[N+](=O)[O-]. The minimum absolute atomic E-state index is 0.0261. The van der Waals surface area contributed by atoms with E-state index >= 15 is 0 Å². The summed E-state index contributed by atoms with van der Waals surface area (Å²) in [6.45, 7) is 4.21. The molecule has 0 aliphatic carbocycles. The second kappa shape index (κ2) is 6.91. The van der Waals surface area contributed by atoms with Crippen molar-refractivity contribution >= 4 is 38.6 Å². The Hall–Kier alpha value is -1.60. The summed E-state index contributed by atoms with van der Waals surface area (Å²) in [4.78, 5) is 12.0. The molecule has 1 aromatic carbocycles. The van der Waals surface area contributed by atoms with Gasteiger partial charge >= 0.3 is 5.69 Å². The van der Waals surface area contributed by atoms with Crippen LogP contribution in [0.25, 0.3) is 0 Å². The second-order valence-electron chi connectivity index (χ2n) is 4.66. The number of nitrogens with zero attached hydrogens (tertiary/aromatic N) is 1. The zero-order valence-electron chi connectivity index (χ0n) is 11.6. The average Bonchev–Trinajstić information content (AvgIpc) is 2.81. The molecule has 0 saturated heterocycles. The zero-order valence-corrected chi connectivity index (χ0v) is 14.0. The van der Waals surface area contributed by atoms with Crippen molar-refractivity contribution in [3.05, 3.63) is 49.1 Å². The van der Waals surface area contributed by atoms with Gasteiger partial charge in [0, 0.05) is 21.3 Å². The fourth-order valence-electron chi connectivity index (χ4n) is 1.83. The number of nitrogens with one attached hydrogen (secondary N) is 1. The maximum atomic E-state index is 11.3. The topological polar surface area (TPSA) is 64.4 Å². The second-order valence-corrected chi connectivity index (χ2v) is 6.57. The van der Waals surface area contributed by atoms with Gasteiger partial charge in [-0.15, -0.1) is 11.3 Å². The largest absolute Gasteiger partial charge is 0.484 e. The molecule has 0 radical (unpaired) electrons. The molecule has 2 aromatic rings. The molecule has 2 rings (SSSR count). The monoisotopic (exact) mass is 370 g/mol. The van der Waals surface area contributed by atoms with E-state index in [1.165, 1.54) is 0 Å². The number of hydrogen-bond acceptors (Lipinski definition) is 5. The van der Waals surface area contributed by atoms with Crippen molar-refractivity contribution < 1.29 is 9.66 Å². The van der Waals surface area contributed by atoms with E-state index in [0.29, 0.717) is 12.2 Å². The van der Waals surface area contributed by atoms with Crippen LogP contribution in [0.15, 0.2) is 34.1 Å². The lowest BCUT2D eigenvalue weighted by molar-refractivity contribution is -0.385. The van der Waals surface area contributed by atoms with Crippen molar-refractivity contribution in [2.24, 2.45) is 0 Å². The summed E-state index contributed by atoms with van der Waals surface area (Å²) in [6, 6.07) is 7.04. The Labute approximate surface area is 135 Å². The summed E-state index contributed by atoms with van der Waals surface area (Å²) in [5.41, 5.74) is 0.435. The van der Waals surface area contributed by atoms with Crippen LogP contribution < -0.4 is 10.1 Å². The number of para-hydroxylation sites is 1. The Morgan fingerprint density at radius 2 is 2.24 bits per heavy atom. The fraction of sp³-hybridized carbons (Fsp3) is 0.286. The molecule has 0 saturated carbocycles. The lowest BCUT2D eigenvalue weighted by Gasteiger charge is -2.12. The Kier molecular flexibility index (Phi) is 5.19. The third-order valence-electron chi connectivity index (χ3n) is 2.62. The first-order chi connectivity index (χ1) is 9.97. The number of benzene rings is 1. The first-order valence-electron chi connectivity index (χ1n) is 6.38. The molecule has 0 spiro atoms. The van der Waals surface area contributed by atoms with Gasteiger partial charge < -0.3 is 10.1 Å². The van der Waals surface area contributed by atoms with Crippen molar-refractivity contribution in [1.29, 1.82) is 0 Å². The van der Waals surface area contributed by atoms with Gasteiger partial charge in [0.1, 0.15) is 5.69 Å². The molecule has 112 valence electrons. The summed E-state index contributed by atoms with van der Waals surface area (Å²) in [5, 5.41) is 16.4. The number of halogens is 1. The maximum absolute atomic E-state index is 11.3. The van der Waals surface area contributed by atoms with Crippen LogP contribution >= 0.6 is 27.3 Å². The zero-order chi connectivity index (χ0) is 15.4. The van der Waals surface area contributed by atoms with Crippen LogP contribution in [0.5, 0.6) is 5.75 Å². The number of nitro groups is 1. The van der Waals surface area contributed by atoms with Gasteiger partial charge in [-0.3, -0.25) is 10.1 Å². The van der Waals surface area contributed by atoms with Crippen molar-refractivity contribution in [2.75, 3.05) is 5.32 Å². The lowest BCUT2D eigenvalue weighted by atomic mass is 10.2. The van der Waals surface area contributed by atoms with Crippen LogP contribution in [-0.4, -0.2) is 11.0 Å². The Balaban J connectivity index is 2.23. The molecule has 5 nitrogen and oxygen atoms in total. The van der Waals surface area contributed by atoms with E-state index in [-0.39, 0.29) is 17.5 Å². The fourth-order valence-corrected chi connectivity index (χ4v) is 3.22. The van der Waals surface area contributed by atoms with Gasteiger partial charge in [0.05, 0.1) is 11.0 Å². The highest BCUT2D eigenvalue weighted by Crippen LogP contribution is 2.35. The molecular formula is C14H15BrN2O3S. The number of thiophene rings is 1. The van der Waals surface area contributed by atoms with Gasteiger partial charge in [-0.05, 0) is 48.0 Å². The molecule has 0 amide bonds. The normalized spacial score (nSPS) is 10.7. The molecule has 21 heavy (non-hydrogen) atoms. The third kappa shape index (κ3) is 4.18. The van der Waals surface area contributed by atoms with E-state index in [0.717, 1.165) is 9.35 Å². The van der Waals surface area contributed by atoms with Gasteiger partial charge in [-0.25, -0.2) is 0 Å². The van der Waals surface area contributed by atoms with Gasteiger partial charge in [-0.1, -0.05) is 6.07 Å². The molecule has 7 heteroatoms. The molecule has 0 aliphatic rings. The molecule has 1 heterocycles. The van der Waals surface area contributed by atoms with E-state index < -0.39 is 4.92 Å². The minimum atomic E-state index is -0.412. The molecule has 1 N–H and O–H groups in total. The van der Waals surface area contributed by atoms with Crippen molar-refractivity contribution in [3.63, 3.8) is 0 Å². The predicted octanol–water partition coefficient (Wildman–Crippen LogP) is 4.82. The highest BCUT2D eigenvalue weighted by atomic mass is 79.9. The number of hydrogen-bond donors (Lipinski definition) is 1. The molecular weight excluding hydrogens is 356 g/mol. The minimum Gasteiger partial charge on any atom is -0.484 e. The highest BCUT2D eigenvalue weighted by Gasteiger charge is 2.21. The number of nitro benzene ring substituents is 1. The van der Waals surface area contributed by atoms with E-state index in [1.807, 2.05) is 25.3 Å². The molecule has 0 atom stereocenters. The Morgan fingerprint density at radius 1 is 1.48 bits per heavy atom. The van der Waals surface area contributed by atoms with E-state index in [1.54, 1.807) is 29.5 Å². The number of anilines is 1. The maximum Gasteiger partial charge on any atom is 0.333 e. The van der Waals surface area contributed by atoms with Crippen LogP contribution in [0.3, 0.4) is 0 Å². The predicted molar refractivity (Wildman–Crippen MR) is 88.2 cm³/mol. The smallest absolute Gasteiger partial charge is 0.333 e. The summed E-state index contributed by atoms with van der Waals surface area (Å²) < 4.78 is 6.53. The highest BCUT2D eigenvalue weighted by molar-refractivity contribution is 9.10. The molecule has 0 bridgehead atoms. The number of ether oxygens (including phenoxy) is 1. The van der Waals surface area contributed by atoms with Crippen LogP contribution in [-0.2, 0) is 6.54 Å². The average molecular weight is 371 g/mol. The quantitative estimate of drug-likeness (QED) is 0.584. The first-order valence-corrected chi connectivity index (χ1v) is 8.05. The molecule has 0 fully saturated rings. The molecule has 1 aromatic heterocycles. The van der Waals surface area contributed by atoms with Crippen LogP contribution in [0.4, 0.5) is 11.4 Å². The van der Waals surface area contributed by atoms with E-state index in [9.17, 15) is 10.1 Å². The van der Waals surface area contributed by atoms with Crippen molar-refractivity contribution in [1.82, 2.24) is 0 Å². The van der Waals surface area contributed by atoms with Gasteiger partial charge in [-0.2, -0.15) is 0 Å². The summed E-state index contributed by atoms with van der Waals surface area (Å²) >= 11 is 4.98. The van der Waals surface area contributed by atoms with Crippen LogP contribution in [0.2, 0.25) is 0 Å². The molecule has 0 aliphatic heterocycles. The third-order valence-corrected chi connectivity index (χ3v) is 4.32. The van der Waals surface area contributed by atoms with Crippen LogP contribution in [0, 0.1) is 10.1 Å². The van der Waals surface area contributed by atoms with Gasteiger partial charge in [0.2, 0.25) is 0 Å². The summed E-state index contributed by atoms with van der Waals surface area (Å²) in [6.07, 6.45) is -0.118. The van der Waals surface area contributed by atoms with E-state index in [2.05, 4.69) is 21.2 Å². The summed E-state index contributed by atoms with van der Waals surface area (Å²) in [7, 11) is 0. The first kappa shape index (κ1) is 15.8. The van der Waals surface area contributed by atoms with Crippen LogP contribution in [0.1, 0.15) is 18.7 Å². The van der Waals surface area contributed by atoms with Gasteiger partial charge in [0.25, 0.3) is 0 Å². The molecule has 0 unspecified atom stereocenters. The van der Waals surface area contributed by atoms with Crippen molar-refractivity contribution in [2.45, 2.75) is 26.5 Å². The Morgan fingerprint density at radius 3 is 2.81 bits per heavy atom. The lowest BCUT2D eigenvalue weighted by Crippen LogP contribution is -2.09. The standard InChI is InChI=1S/C14H15BrN2O3S/c1-9(2)20-13-5-3-4-12(14(13)17(18)19)16-7-11-6-10(15)8-21-11/h3-6,8-9,16H,7H2,1-2H3. The summed E-state index contributed by atoms with van der Waals surface area (Å²) in [5.74, 6) is 0.285. The number of rotatable bonds is 6. The van der Waals surface area contributed by atoms with Crippen molar-refractivity contribution in [3.8, 4) is 5.75 Å². The Bertz CT molecular complexity index is 643. The van der Waals surface area contributed by atoms with E-state index in [4.69, 9.17) is 4.74 Å².